The average Bonchev–Trinajstić information content (AvgIpc) is 2.66. The van der Waals surface area contributed by atoms with E-state index in [4.69, 9.17) is 12.2 Å². The van der Waals surface area contributed by atoms with Crippen molar-refractivity contribution in [2.45, 2.75) is 27.0 Å². The summed E-state index contributed by atoms with van der Waals surface area (Å²) in [6.07, 6.45) is 0. The SMILES string of the molecule is Cc1ccc(CN2CCN(C(=S)Nc3cc(C)ccc3OC(F)F)CC2)cc1. The van der Waals surface area contributed by atoms with Crippen molar-refractivity contribution in [3.63, 3.8) is 0 Å². The maximum Gasteiger partial charge on any atom is 0.387 e. The van der Waals surface area contributed by atoms with Crippen molar-refractivity contribution in [1.82, 2.24) is 9.80 Å². The number of aryl methyl sites for hydroxylation is 2. The molecular formula is C21H25F2N3OS. The first-order valence-electron chi connectivity index (χ1n) is 9.30. The number of hydrogen-bond donors (Lipinski definition) is 1. The predicted molar refractivity (Wildman–Crippen MR) is 112 cm³/mol. The number of alkyl halides is 2. The maximum atomic E-state index is 12.6. The lowest BCUT2D eigenvalue weighted by atomic mass is 10.1. The minimum atomic E-state index is -2.87. The quantitative estimate of drug-likeness (QED) is 0.744. The third-order valence-electron chi connectivity index (χ3n) is 4.78. The molecule has 0 atom stereocenters. The minimum Gasteiger partial charge on any atom is -0.433 e. The Morgan fingerprint density at radius 3 is 2.32 bits per heavy atom. The fourth-order valence-electron chi connectivity index (χ4n) is 3.20. The summed E-state index contributed by atoms with van der Waals surface area (Å²) in [5, 5.41) is 3.61. The van der Waals surface area contributed by atoms with E-state index < -0.39 is 6.61 Å². The van der Waals surface area contributed by atoms with Gasteiger partial charge < -0.3 is 15.0 Å². The molecular weight excluding hydrogens is 380 g/mol. The summed E-state index contributed by atoms with van der Waals surface area (Å²) in [6, 6.07) is 13.6. The van der Waals surface area contributed by atoms with E-state index in [2.05, 4.69) is 51.0 Å². The molecule has 0 unspecified atom stereocenters. The molecule has 0 amide bonds. The van der Waals surface area contributed by atoms with Gasteiger partial charge in [0.15, 0.2) is 5.11 Å². The lowest BCUT2D eigenvalue weighted by molar-refractivity contribution is -0.0493. The van der Waals surface area contributed by atoms with Crippen molar-refractivity contribution in [3.05, 3.63) is 59.2 Å². The van der Waals surface area contributed by atoms with Crippen LogP contribution in [0.15, 0.2) is 42.5 Å². The van der Waals surface area contributed by atoms with Gasteiger partial charge in [-0.05, 0) is 49.3 Å². The van der Waals surface area contributed by atoms with Gasteiger partial charge in [-0.15, -0.1) is 0 Å². The molecule has 4 nitrogen and oxygen atoms in total. The van der Waals surface area contributed by atoms with Crippen LogP contribution in [0.3, 0.4) is 0 Å². The molecule has 2 aromatic rings. The van der Waals surface area contributed by atoms with Gasteiger partial charge in [0.2, 0.25) is 0 Å². The van der Waals surface area contributed by atoms with Crippen LogP contribution in [-0.2, 0) is 6.54 Å². The van der Waals surface area contributed by atoms with E-state index in [-0.39, 0.29) is 5.75 Å². The molecule has 1 aliphatic heterocycles. The Hall–Kier alpha value is -2.25. The van der Waals surface area contributed by atoms with Gasteiger partial charge >= 0.3 is 6.61 Å². The Balaban J connectivity index is 1.55. The van der Waals surface area contributed by atoms with Crippen LogP contribution in [-0.4, -0.2) is 47.7 Å². The van der Waals surface area contributed by atoms with E-state index in [1.54, 1.807) is 12.1 Å². The van der Waals surface area contributed by atoms with Crippen molar-refractivity contribution >= 4 is 23.0 Å². The second-order valence-corrected chi connectivity index (χ2v) is 7.44. The molecule has 0 spiro atoms. The molecule has 2 aromatic carbocycles. The first-order chi connectivity index (χ1) is 13.4. The Bertz CT molecular complexity index is 806. The number of rotatable bonds is 5. The first-order valence-corrected chi connectivity index (χ1v) is 9.71. The molecule has 3 rings (SSSR count). The fourth-order valence-corrected chi connectivity index (χ4v) is 3.49. The zero-order valence-electron chi connectivity index (χ0n) is 16.1. The van der Waals surface area contributed by atoms with Gasteiger partial charge in [0, 0.05) is 32.7 Å². The highest BCUT2D eigenvalue weighted by molar-refractivity contribution is 7.80. The normalized spacial score (nSPS) is 15.0. The van der Waals surface area contributed by atoms with Crippen LogP contribution in [0.25, 0.3) is 0 Å². The number of ether oxygens (including phenoxy) is 1. The van der Waals surface area contributed by atoms with Crippen LogP contribution in [0.5, 0.6) is 5.75 Å². The summed E-state index contributed by atoms with van der Waals surface area (Å²) in [5.41, 5.74) is 3.96. The Morgan fingerprint density at radius 2 is 1.68 bits per heavy atom. The molecule has 0 radical (unpaired) electrons. The summed E-state index contributed by atoms with van der Waals surface area (Å²) < 4.78 is 29.9. The second kappa shape index (κ2) is 9.30. The first kappa shape index (κ1) is 20.5. The highest BCUT2D eigenvalue weighted by Gasteiger charge is 2.20. The molecule has 1 heterocycles. The maximum absolute atomic E-state index is 12.6. The van der Waals surface area contributed by atoms with Crippen molar-refractivity contribution in [2.24, 2.45) is 0 Å². The number of nitrogens with zero attached hydrogens (tertiary/aromatic N) is 2. The van der Waals surface area contributed by atoms with Crippen molar-refractivity contribution < 1.29 is 13.5 Å². The number of anilines is 1. The molecule has 1 fully saturated rings. The van der Waals surface area contributed by atoms with Crippen LogP contribution in [0.1, 0.15) is 16.7 Å². The van der Waals surface area contributed by atoms with Gasteiger partial charge in [0.1, 0.15) is 5.75 Å². The Kier molecular flexibility index (Phi) is 6.80. The van der Waals surface area contributed by atoms with Gasteiger partial charge in [0.05, 0.1) is 5.69 Å². The predicted octanol–water partition coefficient (Wildman–Crippen LogP) is 4.42. The van der Waals surface area contributed by atoms with Gasteiger partial charge in [-0.2, -0.15) is 8.78 Å². The molecule has 0 saturated carbocycles. The van der Waals surface area contributed by atoms with Crippen molar-refractivity contribution in [2.75, 3.05) is 31.5 Å². The van der Waals surface area contributed by atoms with Crippen molar-refractivity contribution in [3.8, 4) is 5.75 Å². The smallest absolute Gasteiger partial charge is 0.387 e. The number of halogens is 2. The number of piperazine rings is 1. The number of hydrogen-bond acceptors (Lipinski definition) is 3. The molecule has 1 N–H and O–H groups in total. The molecule has 28 heavy (non-hydrogen) atoms. The fraction of sp³-hybridized carbons (Fsp3) is 0.381. The molecule has 7 heteroatoms. The van der Waals surface area contributed by atoms with Crippen LogP contribution < -0.4 is 10.1 Å². The van der Waals surface area contributed by atoms with Gasteiger partial charge in [-0.1, -0.05) is 35.9 Å². The largest absolute Gasteiger partial charge is 0.433 e. The van der Waals surface area contributed by atoms with E-state index in [1.807, 2.05) is 6.92 Å². The van der Waals surface area contributed by atoms with E-state index >= 15 is 0 Å². The van der Waals surface area contributed by atoms with Crippen LogP contribution in [0.2, 0.25) is 0 Å². The lowest BCUT2D eigenvalue weighted by Crippen LogP contribution is -2.49. The van der Waals surface area contributed by atoms with Crippen molar-refractivity contribution in [1.29, 1.82) is 0 Å². The molecule has 1 saturated heterocycles. The zero-order chi connectivity index (χ0) is 20.1. The summed E-state index contributed by atoms with van der Waals surface area (Å²) in [6.45, 7) is 5.38. The molecule has 0 aliphatic carbocycles. The summed E-state index contributed by atoms with van der Waals surface area (Å²) in [7, 11) is 0. The topological polar surface area (TPSA) is 27.7 Å². The van der Waals surface area contributed by atoms with Crippen LogP contribution >= 0.6 is 12.2 Å². The molecule has 0 bridgehead atoms. The van der Waals surface area contributed by atoms with E-state index in [1.165, 1.54) is 17.2 Å². The van der Waals surface area contributed by atoms with E-state index in [0.29, 0.717) is 10.8 Å². The van der Waals surface area contributed by atoms with Gasteiger partial charge in [0.25, 0.3) is 0 Å². The summed E-state index contributed by atoms with van der Waals surface area (Å²) in [5.74, 6) is 0.0981. The Labute approximate surface area is 170 Å². The monoisotopic (exact) mass is 405 g/mol. The number of thiocarbonyl (C=S) groups is 1. The van der Waals surface area contributed by atoms with Gasteiger partial charge in [-0.3, -0.25) is 4.90 Å². The molecule has 0 aromatic heterocycles. The van der Waals surface area contributed by atoms with E-state index in [0.717, 1.165) is 38.3 Å². The van der Waals surface area contributed by atoms with Crippen LogP contribution in [0, 0.1) is 13.8 Å². The van der Waals surface area contributed by atoms with E-state index in [9.17, 15) is 8.78 Å². The summed E-state index contributed by atoms with van der Waals surface area (Å²) >= 11 is 5.51. The number of nitrogens with one attached hydrogen (secondary N) is 1. The molecule has 150 valence electrons. The summed E-state index contributed by atoms with van der Waals surface area (Å²) in [4.78, 5) is 4.46. The highest BCUT2D eigenvalue weighted by Crippen LogP contribution is 2.27. The minimum absolute atomic E-state index is 0.0981. The van der Waals surface area contributed by atoms with Crippen LogP contribution in [0.4, 0.5) is 14.5 Å². The lowest BCUT2D eigenvalue weighted by Gasteiger charge is -2.36. The van der Waals surface area contributed by atoms with Gasteiger partial charge in [-0.25, -0.2) is 0 Å². The highest BCUT2D eigenvalue weighted by atomic mass is 32.1. The average molecular weight is 406 g/mol. The molecule has 1 aliphatic rings. The third-order valence-corrected chi connectivity index (χ3v) is 5.14. The second-order valence-electron chi connectivity index (χ2n) is 7.06. The Morgan fingerprint density at radius 1 is 1.04 bits per heavy atom. The third kappa shape index (κ3) is 5.62. The number of benzene rings is 2. The standard InChI is InChI=1S/C21H25F2N3OS/c1-15-3-6-17(7-4-15)14-25-9-11-26(12-10-25)21(28)24-18-13-16(2)5-8-19(18)27-20(22)23/h3-8,13,20H,9-12,14H2,1-2H3,(H,24,28). The zero-order valence-corrected chi connectivity index (χ0v) is 16.9.